The number of fused-ring (bicyclic) bond motifs is 1. The summed E-state index contributed by atoms with van der Waals surface area (Å²) in [6, 6.07) is 3.81. The standard InChI is InChI=1S/C15H15N5O3/c1-9-4-5-12(16-6-9)19-14-13-10(2)11(23-15(21)22-3)7-20(13)18-8-17-14/h4-8H,1-3H3,(H,16,17,18,19). The number of hydrogen-bond donors (Lipinski definition) is 1. The van der Waals surface area contributed by atoms with Crippen LogP contribution in [0.3, 0.4) is 0 Å². The third kappa shape index (κ3) is 2.91. The number of nitrogens with one attached hydrogen (secondary N) is 1. The second-order valence-corrected chi connectivity index (χ2v) is 4.92. The summed E-state index contributed by atoms with van der Waals surface area (Å²) >= 11 is 0. The maximum Gasteiger partial charge on any atom is 0.513 e. The lowest BCUT2D eigenvalue weighted by atomic mass is 10.3. The van der Waals surface area contributed by atoms with E-state index in [2.05, 4.69) is 25.1 Å². The fourth-order valence-corrected chi connectivity index (χ4v) is 2.13. The van der Waals surface area contributed by atoms with Crippen LogP contribution in [-0.2, 0) is 4.74 Å². The molecule has 0 aliphatic heterocycles. The summed E-state index contributed by atoms with van der Waals surface area (Å²) < 4.78 is 11.2. The highest BCUT2D eigenvalue weighted by atomic mass is 16.7. The molecular formula is C15H15N5O3. The normalized spacial score (nSPS) is 10.6. The van der Waals surface area contributed by atoms with Crippen molar-refractivity contribution in [2.75, 3.05) is 12.4 Å². The molecule has 23 heavy (non-hydrogen) atoms. The van der Waals surface area contributed by atoms with Gasteiger partial charge in [0.2, 0.25) is 0 Å². The SMILES string of the molecule is COC(=O)Oc1cn2ncnc(Nc3ccc(C)cn3)c2c1C. The molecule has 0 amide bonds. The quantitative estimate of drug-likeness (QED) is 0.743. The number of carbonyl (C=O) groups is 1. The number of aromatic nitrogens is 4. The maximum atomic E-state index is 11.3. The Kier molecular flexibility index (Phi) is 3.80. The topological polar surface area (TPSA) is 90.6 Å². The number of methoxy groups -OCH3 is 1. The van der Waals surface area contributed by atoms with Gasteiger partial charge in [-0.2, -0.15) is 5.10 Å². The summed E-state index contributed by atoms with van der Waals surface area (Å²) in [5.41, 5.74) is 2.47. The van der Waals surface area contributed by atoms with E-state index in [0.717, 1.165) is 5.56 Å². The first kappa shape index (κ1) is 14.8. The molecule has 3 aromatic heterocycles. The molecule has 3 heterocycles. The summed E-state index contributed by atoms with van der Waals surface area (Å²) in [4.78, 5) is 19.8. The van der Waals surface area contributed by atoms with Gasteiger partial charge in [-0.1, -0.05) is 6.07 Å². The molecule has 3 aromatic rings. The molecular weight excluding hydrogens is 298 g/mol. The monoisotopic (exact) mass is 313 g/mol. The van der Waals surface area contributed by atoms with E-state index >= 15 is 0 Å². The van der Waals surface area contributed by atoms with Gasteiger partial charge in [0.15, 0.2) is 11.6 Å². The Bertz CT molecular complexity index is 857. The van der Waals surface area contributed by atoms with Crippen LogP contribution in [0.2, 0.25) is 0 Å². The van der Waals surface area contributed by atoms with Crippen LogP contribution >= 0.6 is 0 Å². The zero-order valence-electron chi connectivity index (χ0n) is 12.9. The summed E-state index contributed by atoms with van der Waals surface area (Å²) in [5.74, 6) is 1.58. The maximum absolute atomic E-state index is 11.3. The molecule has 1 N–H and O–H groups in total. The van der Waals surface area contributed by atoms with Crippen molar-refractivity contribution in [1.29, 1.82) is 0 Å². The second-order valence-electron chi connectivity index (χ2n) is 4.92. The van der Waals surface area contributed by atoms with Crippen LogP contribution in [0.5, 0.6) is 5.75 Å². The molecule has 0 saturated heterocycles. The van der Waals surface area contributed by atoms with Gasteiger partial charge in [0.25, 0.3) is 0 Å². The number of ether oxygens (including phenoxy) is 2. The van der Waals surface area contributed by atoms with Crippen LogP contribution in [0.4, 0.5) is 16.4 Å². The fraction of sp³-hybridized carbons (Fsp3) is 0.200. The minimum atomic E-state index is -0.785. The van der Waals surface area contributed by atoms with E-state index in [1.165, 1.54) is 13.4 Å². The lowest BCUT2D eigenvalue weighted by molar-refractivity contribution is 0.121. The highest BCUT2D eigenvalue weighted by molar-refractivity contribution is 5.79. The Balaban J connectivity index is 2.00. The Morgan fingerprint density at radius 2 is 2.09 bits per heavy atom. The Morgan fingerprint density at radius 1 is 1.26 bits per heavy atom. The molecule has 118 valence electrons. The van der Waals surface area contributed by atoms with Crippen LogP contribution in [0, 0.1) is 13.8 Å². The molecule has 8 heteroatoms. The summed E-state index contributed by atoms with van der Waals surface area (Å²) in [6.45, 7) is 3.78. The zero-order valence-corrected chi connectivity index (χ0v) is 12.9. The third-order valence-electron chi connectivity index (χ3n) is 3.30. The predicted octanol–water partition coefficient (Wildman–Crippen LogP) is 2.63. The van der Waals surface area contributed by atoms with E-state index in [0.29, 0.717) is 28.5 Å². The summed E-state index contributed by atoms with van der Waals surface area (Å²) in [7, 11) is 1.25. The van der Waals surface area contributed by atoms with Crippen LogP contribution in [0.1, 0.15) is 11.1 Å². The van der Waals surface area contributed by atoms with E-state index in [1.54, 1.807) is 16.9 Å². The van der Waals surface area contributed by atoms with Crippen LogP contribution in [0.15, 0.2) is 30.9 Å². The molecule has 0 fully saturated rings. The number of carbonyl (C=O) groups excluding carboxylic acids is 1. The van der Waals surface area contributed by atoms with Gasteiger partial charge in [-0.15, -0.1) is 0 Å². The van der Waals surface area contributed by atoms with E-state index in [1.807, 2.05) is 26.0 Å². The minimum absolute atomic E-state index is 0.359. The van der Waals surface area contributed by atoms with Gasteiger partial charge in [0.1, 0.15) is 17.7 Å². The summed E-state index contributed by atoms with van der Waals surface area (Å²) in [5, 5.41) is 7.27. The average molecular weight is 313 g/mol. The van der Waals surface area contributed by atoms with E-state index in [-0.39, 0.29) is 0 Å². The van der Waals surface area contributed by atoms with E-state index in [9.17, 15) is 4.79 Å². The van der Waals surface area contributed by atoms with Gasteiger partial charge in [-0.3, -0.25) is 0 Å². The fourth-order valence-electron chi connectivity index (χ4n) is 2.13. The largest absolute Gasteiger partial charge is 0.513 e. The molecule has 0 spiro atoms. The number of rotatable bonds is 3. The van der Waals surface area contributed by atoms with Gasteiger partial charge < -0.3 is 14.8 Å². The lowest BCUT2D eigenvalue weighted by Crippen LogP contribution is -2.07. The number of anilines is 2. The second kappa shape index (κ2) is 5.91. The predicted molar refractivity (Wildman–Crippen MR) is 83.0 cm³/mol. The first-order chi connectivity index (χ1) is 11.1. The van der Waals surface area contributed by atoms with Crippen molar-refractivity contribution in [1.82, 2.24) is 19.6 Å². The lowest BCUT2D eigenvalue weighted by Gasteiger charge is -2.07. The average Bonchev–Trinajstić information content (AvgIpc) is 2.86. The van der Waals surface area contributed by atoms with Crippen molar-refractivity contribution in [2.24, 2.45) is 0 Å². The molecule has 3 rings (SSSR count). The van der Waals surface area contributed by atoms with Gasteiger partial charge in [-0.25, -0.2) is 19.3 Å². The van der Waals surface area contributed by atoms with Crippen molar-refractivity contribution in [3.05, 3.63) is 42.0 Å². The first-order valence-corrected chi connectivity index (χ1v) is 6.87. The van der Waals surface area contributed by atoms with Gasteiger partial charge in [-0.05, 0) is 25.5 Å². The van der Waals surface area contributed by atoms with Crippen LogP contribution in [-0.4, -0.2) is 32.8 Å². The van der Waals surface area contributed by atoms with Gasteiger partial charge in [0.05, 0.1) is 13.3 Å². The minimum Gasteiger partial charge on any atom is -0.437 e. The molecule has 0 aromatic carbocycles. The Labute approximate surface area is 132 Å². The number of hydrogen-bond acceptors (Lipinski definition) is 7. The molecule has 8 nitrogen and oxygen atoms in total. The number of nitrogens with zero attached hydrogens (tertiary/aromatic N) is 4. The van der Waals surface area contributed by atoms with Crippen molar-refractivity contribution < 1.29 is 14.3 Å². The Hall–Kier alpha value is -3.16. The highest BCUT2D eigenvalue weighted by Gasteiger charge is 2.16. The van der Waals surface area contributed by atoms with Gasteiger partial charge in [0, 0.05) is 11.8 Å². The van der Waals surface area contributed by atoms with Crippen molar-refractivity contribution in [3.8, 4) is 5.75 Å². The molecule has 0 aliphatic carbocycles. The highest BCUT2D eigenvalue weighted by Crippen LogP contribution is 2.29. The number of aryl methyl sites for hydroxylation is 2. The molecule has 0 bridgehead atoms. The van der Waals surface area contributed by atoms with Crippen LogP contribution < -0.4 is 10.1 Å². The smallest absolute Gasteiger partial charge is 0.437 e. The van der Waals surface area contributed by atoms with Crippen LogP contribution in [0.25, 0.3) is 5.52 Å². The van der Waals surface area contributed by atoms with Crippen molar-refractivity contribution >= 4 is 23.3 Å². The molecule has 0 unspecified atom stereocenters. The summed E-state index contributed by atoms with van der Waals surface area (Å²) in [6.07, 6.45) is 3.98. The van der Waals surface area contributed by atoms with Crippen molar-refractivity contribution in [3.63, 3.8) is 0 Å². The molecule has 0 saturated carbocycles. The molecule has 0 radical (unpaired) electrons. The zero-order chi connectivity index (χ0) is 16.4. The van der Waals surface area contributed by atoms with E-state index in [4.69, 9.17) is 4.74 Å². The third-order valence-corrected chi connectivity index (χ3v) is 3.30. The van der Waals surface area contributed by atoms with Crippen molar-refractivity contribution in [2.45, 2.75) is 13.8 Å². The molecule has 0 aliphatic rings. The van der Waals surface area contributed by atoms with E-state index < -0.39 is 6.16 Å². The number of pyridine rings is 1. The first-order valence-electron chi connectivity index (χ1n) is 6.87. The van der Waals surface area contributed by atoms with Gasteiger partial charge >= 0.3 is 6.16 Å². The Morgan fingerprint density at radius 3 is 2.78 bits per heavy atom. The molecule has 0 atom stereocenters.